The number of morpholine rings is 1. The van der Waals surface area contributed by atoms with Crippen LogP contribution in [0, 0.1) is 6.92 Å². The van der Waals surface area contributed by atoms with E-state index < -0.39 is 6.09 Å². The largest absolute Gasteiger partial charge is 0.415 e. The first kappa shape index (κ1) is 38.7. The number of rotatable bonds is 7. The SMILES string of the molecule is Cc1c(C(=O)N(C)c2ccccc2)cc(-c2cc3c(cc2C(=O)N2Cc4ccccc4C[C@H]2CN2CCOCC2)CN(C(=O)Oc2ccc(Cl)c(Cl)c2)CC3)n1C. The topological polar surface area (TPSA) is 87.6 Å². The van der Waals surface area contributed by atoms with Gasteiger partial charge in [0.05, 0.1) is 28.8 Å². The van der Waals surface area contributed by atoms with Gasteiger partial charge in [-0.15, -0.1) is 0 Å². The number of nitrogens with zero attached hydrogens (tertiary/aromatic N) is 5. The molecule has 0 saturated carbocycles. The Morgan fingerprint density at radius 3 is 2.30 bits per heavy atom. The summed E-state index contributed by atoms with van der Waals surface area (Å²) in [6.45, 7) is 6.78. The summed E-state index contributed by atoms with van der Waals surface area (Å²) in [6, 6.07) is 28.5. The van der Waals surface area contributed by atoms with Crippen LogP contribution < -0.4 is 9.64 Å². The number of halogens is 2. The van der Waals surface area contributed by atoms with E-state index in [1.807, 2.05) is 72.0 Å². The quantitative estimate of drug-likeness (QED) is 0.166. The van der Waals surface area contributed by atoms with Crippen molar-refractivity contribution in [2.24, 2.45) is 7.05 Å². The van der Waals surface area contributed by atoms with E-state index in [-0.39, 0.29) is 24.4 Å². The van der Waals surface area contributed by atoms with Crippen molar-refractivity contribution >= 4 is 46.8 Å². The van der Waals surface area contributed by atoms with Gasteiger partial charge in [0.2, 0.25) is 0 Å². The minimum atomic E-state index is -0.516. The van der Waals surface area contributed by atoms with Gasteiger partial charge in [0.25, 0.3) is 11.8 Å². The Hall–Kier alpha value is -5.13. The zero-order valence-electron chi connectivity index (χ0n) is 32.3. The zero-order chi connectivity index (χ0) is 39.8. The molecule has 57 heavy (non-hydrogen) atoms. The molecular weight excluding hydrogens is 761 g/mol. The number of para-hydroxylation sites is 1. The predicted octanol–water partition coefficient (Wildman–Crippen LogP) is 8.04. The van der Waals surface area contributed by atoms with Crippen molar-refractivity contribution in [3.05, 3.63) is 140 Å². The Morgan fingerprint density at radius 2 is 1.54 bits per heavy atom. The zero-order valence-corrected chi connectivity index (χ0v) is 33.9. The van der Waals surface area contributed by atoms with E-state index in [4.69, 9.17) is 32.7 Å². The summed E-state index contributed by atoms with van der Waals surface area (Å²) in [5, 5.41) is 0.662. The van der Waals surface area contributed by atoms with Gasteiger partial charge in [0.1, 0.15) is 5.75 Å². The second-order valence-electron chi connectivity index (χ2n) is 15.0. The van der Waals surface area contributed by atoms with Gasteiger partial charge in [0, 0.05) is 93.7 Å². The summed E-state index contributed by atoms with van der Waals surface area (Å²) in [7, 11) is 3.72. The van der Waals surface area contributed by atoms with Crippen LogP contribution in [0.5, 0.6) is 5.75 Å². The molecule has 10 nitrogen and oxygen atoms in total. The maximum Gasteiger partial charge on any atom is 0.415 e. The van der Waals surface area contributed by atoms with Crippen molar-refractivity contribution in [1.82, 2.24) is 19.3 Å². The molecule has 12 heteroatoms. The molecular formula is C45H45Cl2N5O5. The highest BCUT2D eigenvalue weighted by molar-refractivity contribution is 6.42. The van der Waals surface area contributed by atoms with Gasteiger partial charge in [-0.25, -0.2) is 4.79 Å². The minimum absolute atomic E-state index is 0.0705. The number of aromatic nitrogens is 1. The van der Waals surface area contributed by atoms with Crippen LogP contribution in [-0.4, -0.2) is 89.7 Å². The van der Waals surface area contributed by atoms with Crippen LogP contribution >= 0.6 is 23.2 Å². The average Bonchev–Trinajstić information content (AvgIpc) is 3.53. The van der Waals surface area contributed by atoms with E-state index >= 15 is 4.79 Å². The molecule has 0 spiro atoms. The molecule has 1 saturated heterocycles. The normalized spacial score (nSPS) is 16.8. The summed E-state index contributed by atoms with van der Waals surface area (Å²) >= 11 is 12.3. The molecule has 1 fully saturated rings. The maximum absolute atomic E-state index is 15.4. The summed E-state index contributed by atoms with van der Waals surface area (Å²) in [5.74, 6) is 0.0652. The third-order valence-corrected chi connectivity index (χ3v) is 12.4. The van der Waals surface area contributed by atoms with Crippen LogP contribution in [0.15, 0.2) is 91.0 Å². The third kappa shape index (κ3) is 7.92. The first-order chi connectivity index (χ1) is 27.5. The highest BCUT2D eigenvalue weighted by Crippen LogP contribution is 2.36. The van der Waals surface area contributed by atoms with E-state index in [2.05, 4.69) is 29.2 Å². The van der Waals surface area contributed by atoms with Crippen molar-refractivity contribution in [3.63, 3.8) is 0 Å². The molecule has 294 valence electrons. The van der Waals surface area contributed by atoms with E-state index in [9.17, 15) is 9.59 Å². The van der Waals surface area contributed by atoms with Crippen molar-refractivity contribution < 1.29 is 23.9 Å². The monoisotopic (exact) mass is 805 g/mol. The molecule has 0 bridgehead atoms. The number of carbonyl (C=O) groups excluding carboxylic acids is 3. The van der Waals surface area contributed by atoms with Crippen molar-refractivity contribution in [2.75, 3.05) is 51.3 Å². The first-order valence-corrected chi connectivity index (χ1v) is 20.1. The van der Waals surface area contributed by atoms with Gasteiger partial charge >= 0.3 is 6.09 Å². The number of amides is 3. The molecule has 0 N–H and O–H groups in total. The number of hydrogen-bond donors (Lipinski definition) is 0. The van der Waals surface area contributed by atoms with Crippen molar-refractivity contribution in [2.45, 2.75) is 38.9 Å². The molecule has 0 aliphatic carbocycles. The van der Waals surface area contributed by atoms with Crippen molar-refractivity contribution in [3.8, 4) is 17.0 Å². The fourth-order valence-corrected chi connectivity index (χ4v) is 8.50. The van der Waals surface area contributed by atoms with Gasteiger partial charge in [0.15, 0.2) is 0 Å². The number of benzene rings is 4. The Kier molecular flexibility index (Phi) is 11.1. The Bertz CT molecular complexity index is 2340. The van der Waals surface area contributed by atoms with Crippen LogP contribution in [0.1, 0.15) is 48.7 Å². The second kappa shape index (κ2) is 16.4. The van der Waals surface area contributed by atoms with Crippen molar-refractivity contribution in [1.29, 1.82) is 0 Å². The van der Waals surface area contributed by atoms with Gasteiger partial charge in [-0.05, 0) is 84.5 Å². The summed E-state index contributed by atoms with van der Waals surface area (Å²) in [4.78, 5) is 50.6. The molecule has 0 unspecified atom stereocenters. The Morgan fingerprint density at radius 1 is 0.807 bits per heavy atom. The molecule has 8 rings (SSSR count). The predicted molar refractivity (Wildman–Crippen MR) is 222 cm³/mol. The number of anilines is 1. The third-order valence-electron chi connectivity index (χ3n) is 11.6. The fourth-order valence-electron chi connectivity index (χ4n) is 8.21. The Labute approximate surface area is 343 Å². The lowest BCUT2D eigenvalue weighted by molar-refractivity contribution is 0.0193. The molecule has 5 aromatic rings. The standard InChI is InChI=1S/C45H45Cl2N5O5/c1-29-37(43(53)49(3)34-11-5-4-6-12-34)25-42(48(29)2)38-22-31-15-16-51(45(55)57-36-13-14-40(46)41(47)24-36)26-33(31)23-39(38)44(54)52-27-32-10-8-7-9-30(32)21-35(52)28-50-17-19-56-20-18-50/h4-14,22-25,35H,15-21,26-28H2,1-3H3/t35-/m0/s1. The number of carbonyl (C=O) groups is 3. The van der Waals surface area contributed by atoms with Crippen LogP contribution in [0.25, 0.3) is 11.3 Å². The van der Waals surface area contributed by atoms with Gasteiger partial charge in [-0.3, -0.25) is 14.5 Å². The smallest absolute Gasteiger partial charge is 0.410 e. The van der Waals surface area contributed by atoms with E-state index in [0.29, 0.717) is 59.6 Å². The second-order valence-corrected chi connectivity index (χ2v) is 15.9. The van der Waals surface area contributed by atoms with E-state index in [1.54, 1.807) is 29.0 Å². The molecule has 0 radical (unpaired) electrons. The molecule has 3 aliphatic rings. The minimum Gasteiger partial charge on any atom is -0.410 e. The lowest BCUT2D eigenvalue weighted by Crippen LogP contribution is -2.52. The maximum atomic E-state index is 15.4. The van der Waals surface area contributed by atoms with Gasteiger partial charge in [-0.1, -0.05) is 65.7 Å². The van der Waals surface area contributed by atoms with Gasteiger partial charge < -0.3 is 28.7 Å². The van der Waals surface area contributed by atoms with E-state index in [1.165, 1.54) is 11.6 Å². The molecule has 4 aromatic carbocycles. The van der Waals surface area contributed by atoms with Crippen LogP contribution in [-0.2, 0) is 37.7 Å². The highest BCUT2D eigenvalue weighted by atomic mass is 35.5. The summed E-state index contributed by atoms with van der Waals surface area (Å²) in [6.07, 6.45) is 0.773. The number of ether oxygens (including phenoxy) is 2. The molecule has 3 aliphatic heterocycles. The summed E-state index contributed by atoms with van der Waals surface area (Å²) in [5.41, 5.74) is 8.47. The molecule has 1 aromatic heterocycles. The number of fused-ring (bicyclic) bond motifs is 2. The van der Waals surface area contributed by atoms with Gasteiger partial charge in [-0.2, -0.15) is 0 Å². The lowest BCUT2D eigenvalue weighted by Gasteiger charge is -2.41. The lowest BCUT2D eigenvalue weighted by atomic mass is 9.89. The number of hydrogen-bond acceptors (Lipinski definition) is 6. The fraction of sp³-hybridized carbons (Fsp3) is 0.311. The molecule has 1 atom stereocenters. The summed E-state index contributed by atoms with van der Waals surface area (Å²) < 4.78 is 13.4. The first-order valence-electron chi connectivity index (χ1n) is 19.3. The highest BCUT2D eigenvalue weighted by Gasteiger charge is 2.35. The molecule has 4 heterocycles. The van der Waals surface area contributed by atoms with Crippen LogP contribution in [0.2, 0.25) is 10.0 Å². The van der Waals surface area contributed by atoms with Crippen LogP contribution in [0.4, 0.5) is 10.5 Å². The Balaban J connectivity index is 1.18. The van der Waals surface area contributed by atoms with Crippen LogP contribution in [0.3, 0.4) is 0 Å². The average molecular weight is 807 g/mol. The van der Waals surface area contributed by atoms with E-state index in [0.717, 1.165) is 65.4 Å². The molecule has 3 amide bonds.